The van der Waals surface area contributed by atoms with Gasteiger partial charge >= 0.3 is 6.09 Å². The van der Waals surface area contributed by atoms with Gasteiger partial charge in [0.15, 0.2) is 0 Å². The Morgan fingerprint density at radius 1 is 1.40 bits per heavy atom. The Labute approximate surface area is 124 Å². The molecule has 4 nitrogen and oxygen atoms in total. The van der Waals surface area contributed by atoms with Crippen molar-refractivity contribution >= 4 is 17.7 Å². The number of aliphatic hydroxyl groups is 1. The molecule has 0 fully saturated rings. The van der Waals surface area contributed by atoms with Crippen LogP contribution in [0.5, 0.6) is 0 Å². The molecular weight excluding hydrogens is 278 g/mol. The van der Waals surface area contributed by atoms with Gasteiger partial charge in [-0.2, -0.15) is 0 Å². The van der Waals surface area contributed by atoms with Crippen LogP contribution in [0.15, 0.2) is 24.3 Å². The first kappa shape index (κ1) is 15.1. The van der Waals surface area contributed by atoms with Crippen LogP contribution in [-0.4, -0.2) is 28.9 Å². The zero-order chi connectivity index (χ0) is 14.9. The SMILES string of the molecule is CC(C)(C)OC(=O)N[C@@H]1Cc2ccccc2[C@@H](Cl)[C@H]1O. The smallest absolute Gasteiger partial charge is 0.407 e. The maximum Gasteiger partial charge on any atom is 0.407 e. The highest BCUT2D eigenvalue weighted by Crippen LogP contribution is 2.34. The molecule has 0 spiro atoms. The van der Waals surface area contributed by atoms with Crippen molar-refractivity contribution in [3.63, 3.8) is 0 Å². The zero-order valence-electron chi connectivity index (χ0n) is 11.9. The van der Waals surface area contributed by atoms with Crippen molar-refractivity contribution in [2.24, 2.45) is 0 Å². The molecule has 3 atom stereocenters. The summed E-state index contributed by atoms with van der Waals surface area (Å²) in [5, 5.41) is 12.4. The quantitative estimate of drug-likeness (QED) is 0.784. The number of carbonyl (C=O) groups is 1. The topological polar surface area (TPSA) is 58.6 Å². The van der Waals surface area contributed by atoms with Crippen molar-refractivity contribution in [2.75, 3.05) is 0 Å². The number of fused-ring (bicyclic) bond motifs is 1. The Morgan fingerprint density at radius 2 is 2.05 bits per heavy atom. The van der Waals surface area contributed by atoms with Gasteiger partial charge < -0.3 is 15.2 Å². The van der Waals surface area contributed by atoms with Crippen molar-refractivity contribution in [3.05, 3.63) is 35.4 Å². The van der Waals surface area contributed by atoms with Crippen LogP contribution in [0.1, 0.15) is 37.3 Å². The second kappa shape index (κ2) is 5.62. The van der Waals surface area contributed by atoms with E-state index in [-0.39, 0.29) is 0 Å². The van der Waals surface area contributed by atoms with E-state index in [0.717, 1.165) is 11.1 Å². The number of alkyl halides is 1. The van der Waals surface area contributed by atoms with E-state index in [9.17, 15) is 9.90 Å². The number of halogens is 1. The van der Waals surface area contributed by atoms with Crippen molar-refractivity contribution < 1.29 is 14.6 Å². The van der Waals surface area contributed by atoms with Gasteiger partial charge in [-0.1, -0.05) is 24.3 Å². The molecule has 1 amide bonds. The van der Waals surface area contributed by atoms with Crippen molar-refractivity contribution in [2.45, 2.75) is 50.3 Å². The molecular formula is C15H20ClNO3. The van der Waals surface area contributed by atoms with Gasteiger partial charge in [0.25, 0.3) is 0 Å². The second-order valence-corrected chi connectivity index (χ2v) is 6.52. The van der Waals surface area contributed by atoms with Crippen LogP contribution in [-0.2, 0) is 11.2 Å². The summed E-state index contributed by atoms with van der Waals surface area (Å²) < 4.78 is 5.21. The molecule has 1 aliphatic carbocycles. The average molecular weight is 298 g/mol. The summed E-state index contributed by atoms with van der Waals surface area (Å²) in [6.45, 7) is 5.39. The number of hydrogen-bond donors (Lipinski definition) is 2. The van der Waals surface area contributed by atoms with Crippen LogP contribution in [0.4, 0.5) is 4.79 Å². The molecule has 0 aliphatic heterocycles. The second-order valence-electron chi connectivity index (χ2n) is 6.05. The van der Waals surface area contributed by atoms with Gasteiger partial charge in [0, 0.05) is 0 Å². The van der Waals surface area contributed by atoms with Gasteiger partial charge in [-0.25, -0.2) is 4.79 Å². The standard InChI is InChI=1S/C15H20ClNO3/c1-15(2,3)20-14(19)17-11-8-9-6-4-5-7-10(9)12(16)13(11)18/h4-7,11-13,18H,8H2,1-3H3,(H,17,19)/t11-,12-,13+/m1/s1. The molecule has 0 unspecified atom stereocenters. The fraction of sp³-hybridized carbons (Fsp3) is 0.533. The number of ether oxygens (including phenoxy) is 1. The number of rotatable bonds is 1. The first-order valence-electron chi connectivity index (χ1n) is 6.67. The first-order chi connectivity index (χ1) is 9.28. The summed E-state index contributed by atoms with van der Waals surface area (Å²) in [4.78, 5) is 11.8. The van der Waals surface area contributed by atoms with Crippen molar-refractivity contribution in [1.29, 1.82) is 0 Å². The highest BCUT2D eigenvalue weighted by atomic mass is 35.5. The van der Waals surface area contributed by atoms with E-state index in [0.29, 0.717) is 6.42 Å². The molecule has 1 aromatic carbocycles. The highest BCUT2D eigenvalue weighted by Gasteiger charge is 2.35. The number of hydrogen-bond acceptors (Lipinski definition) is 3. The molecule has 5 heteroatoms. The van der Waals surface area contributed by atoms with E-state index in [1.165, 1.54) is 0 Å². The third-order valence-electron chi connectivity index (χ3n) is 3.21. The normalized spacial score (nSPS) is 25.8. The number of alkyl carbamates (subject to hydrolysis) is 1. The molecule has 0 bridgehead atoms. The van der Waals surface area contributed by atoms with Gasteiger partial charge in [-0.3, -0.25) is 0 Å². The Balaban J connectivity index is 2.09. The van der Waals surface area contributed by atoms with Crippen LogP contribution in [0, 0.1) is 0 Å². The van der Waals surface area contributed by atoms with Crippen LogP contribution < -0.4 is 5.32 Å². The number of nitrogens with one attached hydrogen (secondary N) is 1. The van der Waals surface area contributed by atoms with E-state index in [2.05, 4.69) is 5.32 Å². The number of benzene rings is 1. The minimum Gasteiger partial charge on any atom is -0.444 e. The maximum absolute atomic E-state index is 11.8. The molecule has 2 rings (SSSR count). The van der Waals surface area contributed by atoms with E-state index in [4.69, 9.17) is 16.3 Å². The molecule has 1 aromatic rings. The van der Waals surface area contributed by atoms with Crippen molar-refractivity contribution in [3.8, 4) is 0 Å². The lowest BCUT2D eigenvalue weighted by atomic mass is 9.86. The predicted octanol–water partition coefficient (Wildman–Crippen LogP) is 2.78. The van der Waals surface area contributed by atoms with E-state index in [1.807, 2.05) is 24.3 Å². The minimum atomic E-state index is -0.834. The molecule has 110 valence electrons. The summed E-state index contributed by atoms with van der Waals surface area (Å²) in [5.74, 6) is 0. The summed E-state index contributed by atoms with van der Waals surface area (Å²) >= 11 is 6.27. The van der Waals surface area contributed by atoms with Gasteiger partial charge in [0.05, 0.1) is 17.5 Å². The minimum absolute atomic E-state index is 0.442. The summed E-state index contributed by atoms with van der Waals surface area (Å²) in [5.41, 5.74) is 1.39. The molecule has 0 saturated carbocycles. The summed E-state index contributed by atoms with van der Waals surface area (Å²) in [7, 11) is 0. The molecule has 0 saturated heterocycles. The van der Waals surface area contributed by atoms with Gasteiger partial charge in [0.2, 0.25) is 0 Å². The molecule has 0 radical (unpaired) electrons. The summed E-state index contributed by atoms with van der Waals surface area (Å²) in [6, 6.07) is 7.23. The zero-order valence-corrected chi connectivity index (χ0v) is 12.6. The van der Waals surface area contributed by atoms with Crippen LogP contribution in [0.2, 0.25) is 0 Å². The van der Waals surface area contributed by atoms with E-state index >= 15 is 0 Å². The van der Waals surface area contributed by atoms with Crippen LogP contribution in [0.25, 0.3) is 0 Å². The fourth-order valence-corrected chi connectivity index (χ4v) is 2.72. The third kappa shape index (κ3) is 3.44. The van der Waals surface area contributed by atoms with E-state index in [1.54, 1.807) is 20.8 Å². The molecule has 20 heavy (non-hydrogen) atoms. The number of carbonyl (C=O) groups excluding carboxylic acids is 1. The summed E-state index contributed by atoms with van der Waals surface area (Å²) in [6.07, 6.45) is -0.830. The molecule has 0 heterocycles. The Hall–Kier alpha value is -1.26. The number of aliphatic hydroxyl groups excluding tert-OH is 1. The highest BCUT2D eigenvalue weighted by molar-refractivity contribution is 6.21. The third-order valence-corrected chi connectivity index (χ3v) is 3.70. The van der Waals surface area contributed by atoms with Crippen LogP contribution in [0.3, 0.4) is 0 Å². The fourth-order valence-electron chi connectivity index (χ4n) is 2.33. The molecule has 1 aliphatic rings. The number of amides is 1. The van der Waals surface area contributed by atoms with Gasteiger partial charge in [-0.15, -0.1) is 11.6 Å². The predicted molar refractivity (Wildman–Crippen MR) is 77.9 cm³/mol. The Bertz CT molecular complexity index is 498. The lowest BCUT2D eigenvalue weighted by Gasteiger charge is -2.34. The lowest BCUT2D eigenvalue weighted by Crippen LogP contribution is -2.50. The van der Waals surface area contributed by atoms with Gasteiger partial charge in [-0.05, 0) is 38.3 Å². The lowest BCUT2D eigenvalue weighted by molar-refractivity contribution is 0.0406. The Morgan fingerprint density at radius 3 is 2.70 bits per heavy atom. The first-order valence-corrected chi connectivity index (χ1v) is 7.11. The average Bonchev–Trinajstić information content (AvgIpc) is 2.33. The Kier molecular flexibility index (Phi) is 4.25. The largest absolute Gasteiger partial charge is 0.444 e. The van der Waals surface area contributed by atoms with E-state index < -0.39 is 29.2 Å². The van der Waals surface area contributed by atoms with Crippen molar-refractivity contribution in [1.82, 2.24) is 5.32 Å². The molecule has 0 aromatic heterocycles. The monoisotopic (exact) mass is 297 g/mol. The van der Waals surface area contributed by atoms with Gasteiger partial charge in [0.1, 0.15) is 5.60 Å². The molecule has 2 N–H and O–H groups in total. The maximum atomic E-state index is 11.8. The van der Waals surface area contributed by atoms with Crippen LogP contribution >= 0.6 is 11.6 Å².